The third-order valence-corrected chi connectivity index (χ3v) is 2.55. The molecule has 3 heteroatoms. The van der Waals surface area contributed by atoms with Crippen molar-refractivity contribution in [3.63, 3.8) is 0 Å². The highest BCUT2D eigenvalue weighted by Crippen LogP contribution is 2.10. The summed E-state index contributed by atoms with van der Waals surface area (Å²) >= 11 is 0. The van der Waals surface area contributed by atoms with Crippen molar-refractivity contribution in [1.29, 1.82) is 0 Å². The smallest absolute Gasteiger partial charge is 0.0704 e. The molecule has 1 heterocycles. The Morgan fingerprint density at radius 2 is 2.07 bits per heavy atom. The lowest BCUT2D eigenvalue weighted by Gasteiger charge is -2.27. The van der Waals surface area contributed by atoms with Crippen molar-refractivity contribution in [3.05, 3.63) is 0 Å². The Hall–Kier alpha value is -0.120. The maximum absolute atomic E-state index is 5.69. The lowest BCUT2D eigenvalue weighted by molar-refractivity contribution is -0.00777. The first-order valence-electron chi connectivity index (χ1n) is 5.75. The van der Waals surface area contributed by atoms with Crippen LogP contribution in [0.5, 0.6) is 0 Å². The number of rotatable bonds is 6. The van der Waals surface area contributed by atoms with Gasteiger partial charge >= 0.3 is 0 Å². The van der Waals surface area contributed by atoms with Gasteiger partial charge in [0.05, 0.1) is 19.3 Å². The maximum Gasteiger partial charge on any atom is 0.0704 e. The van der Waals surface area contributed by atoms with E-state index < -0.39 is 0 Å². The molecule has 1 saturated heterocycles. The van der Waals surface area contributed by atoms with Gasteiger partial charge in [0.15, 0.2) is 0 Å². The van der Waals surface area contributed by atoms with Gasteiger partial charge in [0.1, 0.15) is 0 Å². The Balaban J connectivity index is 1.91. The van der Waals surface area contributed by atoms with Gasteiger partial charge in [-0.15, -0.1) is 0 Å². The van der Waals surface area contributed by atoms with Crippen molar-refractivity contribution in [3.8, 4) is 0 Å². The van der Waals surface area contributed by atoms with Crippen LogP contribution in [0.25, 0.3) is 0 Å². The summed E-state index contributed by atoms with van der Waals surface area (Å²) in [6.07, 6.45) is 3.89. The number of hydrogen-bond acceptors (Lipinski definition) is 3. The summed E-state index contributed by atoms with van der Waals surface area (Å²) in [7, 11) is 0. The summed E-state index contributed by atoms with van der Waals surface area (Å²) in [4.78, 5) is 0. The van der Waals surface area contributed by atoms with Crippen LogP contribution in [-0.4, -0.2) is 38.5 Å². The van der Waals surface area contributed by atoms with Gasteiger partial charge in [-0.2, -0.15) is 0 Å². The summed E-state index contributed by atoms with van der Waals surface area (Å²) in [5.41, 5.74) is 0. The number of nitrogens with one attached hydrogen (secondary N) is 1. The molecule has 1 aliphatic rings. The van der Waals surface area contributed by atoms with Crippen LogP contribution in [0.4, 0.5) is 0 Å². The van der Waals surface area contributed by atoms with Gasteiger partial charge in [-0.25, -0.2) is 0 Å². The molecule has 14 heavy (non-hydrogen) atoms. The van der Waals surface area contributed by atoms with Gasteiger partial charge in [-0.05, 0) is 26.2 Å². The molecule has 0 aromatic carbocycles. The third-order valence-electron chi connectivity index (χ3n) is 2.55. The molecule has 0 aromatic heterocycles. The van der Waals surface area contributed by atoms with Gasteiger partial charge in [0.25, 0.3) is 0 Å². The van der Waals surface area contributed by atoms with Gasteiger partial charge in [0, 0.05) is 19.2 Å². The molecule has 0 aromatic rings. The Labute approximate surface area is 87.2 Å². The monoisotopic (exact) mass is 201 g/mol. The normalized spacial score (nSPS) is 27.9. The lowest BCUT2D eigenvalue weighted by Crippen LogP contribution is -2.41. The Kier molecular flexibility index (Phi) is 6.15. The summed E-state index contributed by atoms with van der Waals surface area (Å²) in [5.74, 6) is 0. The van der Waals surface area contributed by atoms with E-state index in [1.807, 2.05) is 0 Å². The number of ether oxygens (including phenoxy) is 2. The largest absolute Gasteiger partial charge is 0.379 e. The predicted molar refractivity (Wildman–Crippen MR) is 57.5 cm³/mol. The van der Waals surface area contributed by atoms with Crippen molar-refractivity contribution in [2.75, 3.05) is 26.4 Å². The third kappa shape index (κ3) is 4.94. The van der Waals surface area contributed by atoms with E-state index in [1.54, 1.807) is 0 Å². The highest BCUT2D eigenvalue weighted by molar-refractivity contribution is 4.74. The molecule has 2 atom stereocenters. The van der Waals surface area contributed by atoms with E-state index in [9.17, 15) is 0 Å². The van der Waals surface area contributed by atoms with E-state index in [1.165, 1.54) is 12.8 Å². The van der Waals surface area contributed by atoms with Gasteiger partial charge in [0.2, 0.25) is 0 Å². The van der Waals surface area contributed by atoms with Crippen molar-refractivity contribution in [2.45, 2.75) is 45.3 Å². The minimum atomic E-state index is 0.399. The van der Waals surface area contributed by atoms with Crippen molar-refractivity contribution in [1.82, 2.24) is 5.32 Å². The maximum atomic E-state index is 5.69. The first-order chi connectivity index (χ1) is 6.83. The van der Waals surface area contributed by atoms with Crippen LogP contribution < -0.4 is 5.32 Å². The van der Waals surface area contributed by atoms with E-state index in [0.717, 1.165) is 32.8 Å². The zero-order chi connectivity index (χ0) is 10.2. The summed E-state index contributed by atoms with van der Waals surface area (Å²) in [6.45, 7) is 7.66. The average molecular weight is 201 g/mol. The first-order valence-corrected chi connectivity index (χ1v) is 5.75. The van der Waals surface area contributed by atoms with Crippen molar-refractivity contribution in [2.24, 2.45) is 0 Å². The molecule has 1 aliphatic heterocycles. The molecule has 1 rings (SSSR count). The predicted octanol–water partition coefficient (Wildman–Crippen LogP) is 1.57. The summed E-state index contributed by atoms with van der Waals surface area (Å²) in [5, 5.41) is 3.42. The molecule has 2 unspecified atom stereocenters. The quantitative estimate of drug-likeness (QED) is 0.662. The number of piperidine rings is 1. The average Bonchev–Trinajstić information content (AvgIpc) is 2.21. The van der Waals surface area contributed by atoms with Gasteiger partial charge in [-0.3, -0.25) is 0 Å². The molecule has 84 valence electrons. The van der Waals surface area contributed by atoms with E-state index in [-0.39, 0.29) is 0 Å². The highest BCUT2D eigenvalue weighted by Gasteiger charge is 2.17. The standard InChI is InChI=1S/C11H23NO2/c1-3-6-13-7-8-14-11-5-4-10(2)12-9-11/h10-12H,3-9H2,1-2H3. The van der Waals surface area contributed by atoms with Crippen LogP contribution in [0.1, 0.15) is 33.1 Å². The van der Waals surface area contributed by atoms with Crippen molar-refractivity contribution < 1.29 is 9.47 Å². The van der Waals surface area contributed by atoms with Crippen LogP contribution in [0, 0.1) is 0 Å². The number of hydrogen-bond donors (Lipinski definition) is 1. The highest BCUT2D eigenvalue weighted by atomic mass is 16.5. The topological polar surface area (TPSA) is 30.5 Å². The van der Waals surface area contributed by atoms with Crippen LogP contribution in [-0.2, 0) is 9.47 Å². The second-order valence-electron chi connectivity index (χ2n) is 3.99. The van der Waals surface area contributed by atoms with E-state index in [4.69, 9.17) is 9.47 Å². The fourth-order valence-electron chi connectivity index (χ4n) is 1.64. The first kappa shape index (κ1) is 12.0. The van der Waals surface area contributed by atoms with Crippen LogP contribution in [0.3, 0.4) is 0 Å². The van der Waals surface area contributed by atoms with Crippen LogP contribution in [0.2, 0.25) is 0 Å². The molecule has 0 radical (unpaired) electrons. The van der Waals surface area contributed by atoms with Gasteiger partial charge in [-0.1, -0.05) is 6.92 Å². The molecule has 1 N–H and O–H groups in total. The molecule has 0 saturated carbocycles. The van der Waals surface area contributed by atoms with E-state index in [0.29, 0.717) is 12.1 Å². The molecular weight excluding hydrogens is 178 g/mol. The Morgan fingerprint density at radius 1 is 1.21 bits per heavy atom. The molecule has 1 fully saturated rings. The molecule has 3 nitrogen and oxygen atoms in total. The van der Waals surface area contributed by atoms with E-state index >= 15 is 0 Å². The van der Waals surface area contributed by atoms with Crippen molar-refractivity contribution >= 4 is 0 Å². The fourth-order valence-corrected chi connectivity index (χ4v) is 1.64. The Morgan fingerprint density at radius 3 is 2.71 bits per heavy atom. The Bertz CT molecular complexity index is 133. The summed E-state index contributed by atoms with van der Waals surface area (Å²) in [6, 6.07) is 0.659. The van der Waals surface area contributed by atoms with E-state index in [2.05, 4.69) is 19.2 Å². The summed E-state index contributed by atoms with van der Waals surface area (Å²) < 4.78 is 11.0. The zero-order valence-electron chi connectivity index (χ0n) is 9.42. The zero-order valence-corrected chi connectivity index (χ0v) is 9.42. The van der Waals surface area contributed by atoms with Crippen LogP contribution >= 0.6 is 0 Å². The SMILES string of the molecule is CCCOCCOC1CCC(C)NC1. The lowest BCUT2D eigenvalue weighted by atomic mass is 10.0. The minimum absolute atomic E-state index is 0.399. The molecular formula is C11H23NO2. The second kappa shape index (κ2) is 7.21. The van der Waals surface area contributed by atoms with Crippen LogP contribution in [0.15, 0.2) is 0 Å². The molecule has 0 spiro atoms. The molecule has 0 aliphatic carbocycles. The molecule has 0 amide bonds. The molecule has 0 bridgehead atoms. The minimum Gasteiger partial charge on any atom is -0.379 e. The fraction of sp³-hybridized carbons (Fsp3) is 1.00. The van der Waals surface area contributed by atoms with Gasteiger partial charge < -0.3 is 14.8 Å². The second-order valence-corrected chi connectivity index (χ2v) is 3.99.